The van der Waals surface area contributed by atoms with Crippen LogP contribution in [0.4, 0.5) is 0 Å². The lowest BCUT2D eigenvalue weighted by molar-refractivity contribution is 0.0465. The summed E-state index contributed by atoms with van der Waals surface area (Å²) in [5.74, 6) is -0.336. The van der Waals surface area contributed by atoms with Gasteiger partial charge >= 0.3 is 5.97 Å². The molecule has 1 aromatic carbocycles. The summed E-state index contributed by atoms with van der Waals surface area (Å²) in [6.07, 6.45) is 1.73. The Kier molecular flexibility index (Phi) is 3.64. The standard InChI is InChI=1S/C13H12BrNO2/c1-9-11(14)7-15-12(9)13(16)17-8-10-5-3-2-4-6-10/h2-7,15H,8H2,1H3. The lowest BCUT2D eigenvalue weighted by atomic mass is 10.2. The molecule has 0 aliphatic heterocycles. The van der Waals surface area contributed by atoms with E-state index in [4.69, 9.17) is 4.74 Å². The molecule has 88 valence electrons. The molecule has 0 spiro atoms. The summed E-state index contributed by atoms with van der Waals surface area (Å²) in [7, 11) is 0. The second-order valence-corrected chi connectivity index (χ2v) is 4.55. The van der Waals surface area contributed by atoms with Gasteiger partial charge in [0.15, 0.2) is 0 Å². The monoisotopic (exact) mass is 293 g/mol. The number of halogens is 1. The van der Waals surface area contributed by atoms with Gasteiger partial charge in [0.1, 0.15) is 12.3 Å². The number of benzene rings is 1. The van der Waals surface area contributed by atoms with Gasteiger partial charge in [0.2, 0.25) is 0 Å². The number of rotatable bonds is 3. The normalized spacial score (nSPS) is 10.2. The van der Waals surface area contributed by atoms with Crippen molar-refractivity contribution in [3.63, 3.8) is 0 Å². The fourth-order valence-corrected chi connectivity index (χ4v) is 1.79. The molecule has 2 aromatic rings. The van der Waals surface area contributed by atoms with Gasteiger partial charge < -0.3 is 9.72 Å². The summed E-state index contributed by atoms with van der Waals surface area (Å²) >= 11 is 3.34. The molecule has 0 aliphatic carbocycles. The van der Waals surface area contributed by atoms with E-state index in [9.17, 15) is 4.79 Å². The number of aromatic nitrogens is 1. The molecule has 3 nitrogen and oxygen atoms in total. The molecule has 1 heterocycles. The molecule has 4 heteroatoms. The first kappa shape index (κ1) is 11.9. The van der Waals surface area contributed by atoms with Gasteiger partial charge in [-0.2, -0.15) is 0 Å². The van der Waals surface area contributed by atoms with Crippen molar-refractivity contribution in [2.24, 2.45) is 0 Å². The maximum absolute atomic E-state index is 11.8. The van der Waals surface area contributed by atoms with Gasteiger partial charge in [-0.1, -0.05) is 30.3 Å². The Balaban J connectivity index is 2.01. The van der Waals surface area contributed by atoms with Crippen LogP contribution >= 0.6 is 15.9 Å². The van der Waals surface area contributed by atoms with E-state index in [1.54, 1.807) is 6.20 Å². The predicted molar refractivity (Wildman–Crippen MR) is 68.8 cm³/mol. The van der Waals surface area contributed by atoms with Gasteiger partial charge in [-0.15, -0.1) is 0 Å². The largest absolute Gasteiger partial charge is 0.456 e. The van der Waals surface area contributed by atoms with E-state index < -0.39 is 0 Å². The number of esters is 1. The quantitative estimate of drug-likeness (QED) is 0.881. The molecular formula is C13H12BrNO2. The number of carbonyl (C=O) groups is 1. The minimum atomic E-state index is -0.336. The number of H-pyrrole nitrogens is 1. The van der Waals surface area contributed by atoms with E-state index in [1.807, 2.05) is 37.3 Å². The molecule has 0 radical (unpaired) electrons. The SMILES string of the molecule is Cc1c(Br)c[nH]c1C(=O)OCc1ccccc1. The molecule has 0 amide bonds. The van der Waals surface area contributed by atoms with Crippen molar-refractivity contribution in [1.82, 2.24) is 4.98 Å². The highest BCUT2D eigenvalue weighted by atomic mass is 79.9. The fraction of sp³-hybridized carbons (Fsp3) is 0.154. The Morgan fingerprint density at radius 3 is 2.65 bits per heavy atom. The fourth-order valence-electron chi connectivity index (χ4n) is 1.48. The van der Waals surface area contributed by atoms with E-state index >= 15 is 0 Å². The van der Waals surface area contributed by atoms with Crippen LogP contribution < -0.4 is 0 Å². The van der Waals surface area contributed by atoms with Gasteiger partial charge in [-0.05, 0) is 34.0 Å². The van der Waals surface area contributed by atoms with Gasteiger partial charge in [-0.25, -0.2) is 4.79 Å². The first-order valence-corrected chi connectivity index (χ1v) is 6.02. The van der Waals surface area contributed by atoms with Crippen molar-refractivity contribution in [2.75, 3.05) is 0 Å². The zero-order valence-corrected chi connectivity index (χ0v) is 11.0. The summed E-state index contributed by atoms with van der Waals surface area (Å²) < 4.78 is 6.10. The molecule has 1 aromatic heterocycles. The van der Waals surface area contributed by atoms with Gasteiger partial charge in [0, 0.05) is 10.7 Å². The van der Waals surface area contributed by atoms with E-state index in [0.29, 0.717) is 5.69 Å². The lowest BCUT2D eigenvalue weighted by Gasteiger charge is -2.04. The average Bonchev–Trinajstić information content (AvgIpc) is 2.69. The third-order valence-electron chi connectivity index (χ3n) is 2.49. The summed E-state index contributed by atoms with van der Waals surface area (Å²) in [5, 5.41) is 0. The number of carbonyl (C=O) groups excluding carboxylic acids is 1. The van der Waals surface area contributed by atoms with Crippen LogP contribution in [0.3, 0.4) is 0 Å². The molecule has 0 saturated heterocycles. The Labute approximate surface area is 108 Å². The van der Waals surface area contributed by atoms with Crippen LogP contribution in [0, 0.1) is 6.92 Å². The van der Waals surface area contributed by atoms with Crippen LogP contribution in [0.2, 0.25) is 0 Å². The topological polar surface area (TPSA) is 42.1 Å². The van der Waals surface area contributed by atoms with Gasteiger partial charge in [-0.3, -0.25) is 0 Å². The zero-order chi connectivity index (χ0) is 12.3. The van der Waals surface area contributed by atoms with Crippen molar-refractivity contribution >= 4 is 21.9 Å². The summed E-state index contributed by atoms with van der Waals surface area (Å²) in [5.41, 5.74) is 2.33. The van der Waals surface area contributed by atoms with Crippen molar-refractivity contribution in [3.05, 3.63) is 57.8 Å². The highest BCUT2D eigenvalue weighted by molar-refractivity contribution is 9.10. The molecule has 0 saturated carbocycles. The molecular weight excluding hydrogens is 282 g/mol. The minimum Gasteiger partial charge on any atom is -0.456 e. The maximum atomic E-state index is 11.8. The van der Waals surface area contributed by atoms with E-state index in [1.165, 1.54) is 0 Å². The smallest absolute Gasteiger partial charge is 0.355 e. The first-order valence-electron chi connectivity index (χ1n) is 5.23. The molecule has 0 unspecified atom stereocenters. The van der Waals surface area contributed by atoms with Crippen molar-refractivity contribution in [3.8, 4) is 0 Å². The molecule has 17 heavy (non-hydrogen) atoms. The van der Waals surface area contributed by atoms with Crippen LogP contribution in [-0.2, 0) is 11.3 Å². The highest BCUT2D eigenvalue weighted by Gasteiger charge is 2.14. The first-order chi connectivity index (χ1) is 8.18. The highest BCUT2D eigenvalue weighted by Crippen LogP contribution is 2.19. The molecule has 0 bridgehead atoms. The number of aromatic amines is 1. The van der Waals surface area contributed by atoms with Crippen molar-refractivity contribution in [1.29, 1.82) is 0 Å². The zero-order valence-electron chi connectivity index (χ0n) is 9.37. The van der Waals surface area contributed by atoms with Crippen molar-refractivity contribution < 1.29 is 9.53 Å². The summed E-state index contributed by atoms with van der Waals surface area (Å²) in [4.78, 5) is 14.7. The molecule has 0 atom stereocenters. The van der Waals surface area contributed by atoms with Crippen LogP contribution in [-0.4, -0.2) is 11.0 Å². The van der Waals surface area contributed by atoms with Crippen molar-refractivity contribution in [2.45, 2.75) is 13.5 Å². The van der Waals surface area contributed by atoms with Crippen LogP contribution in [0.25, 0.3) is 0 Å². The average molecular weight is 294 g/mol. The van der Waals surface area contributed by atoms with Gasteiger partial charge in [0.25, 0.3) is 0 Å². The Bertz CT molecular complexity index is 519. The Hall–Kier alpha value is -1.55. The summed E-state index contributed by atoms with van der Waals surface area (Å²) in [6.45, 7) is 2.15. The van der Waals surface area contributed by atoms with E-state index in [0.717, 1.165) is 15.6 Å². The van der Waals surface area contributed by atoms with Crippen LogP contribution in [0.15, 0.2) is 41.0 Å². The lowest BCUT2D eigenvalue weighted by Crippen LogP contribution is -2.07. The third-order valence-corrected chi connectivity index (χ3v) is 3.32. The molecule has 2 rings (SSSR count). The summed E-state index contributed by atoms with van der Waals surface area (Å²) in [6, 6.07) is 9.60. The second-order valence-electron chi connectivity index (χ2n) is 3.70. The third kappa shape index (κ3) is 2.77. The number of nitrogens with one attached hydrogen (secondary N) is 1. The number of hydrogen-bond acceptors (Lipinski definition) is 2. The van der Waals surface area contributed by atoms with Crippen LogP contribution in [0.1, 0.15) is 21.6 Å². The van der Waals surface area contributed by atoms with E-state index in [2.05, 4.69) is 20.9 Å². The van der Waals surface area contributed by atoms with Crippen LogP contribution in [0.5, 0.6) is 0 Å². The minimum absolute atomic E-state index is 0.287. The molecule has 1 N–H and O–H groups in total. The maximum Gasteiger partial charge on any atom is 0.355 e. The number of hydrogen-bond donors (Lipinski definition) is 1. The Morgan fingerprint density at radius 1 is 1.35 bits per heavy atom. The molecule has 0 fully saturated rings. The second kappa shape index (κ2) is 5.19. The molecule has 0 aliphatic rings. The number of ether oxygens (including phenoxy) is 1. The van der Waals surface area contributed by atoms with Gasteiger partial charge in [0.05, 0.1) is 0 Å². The predicted octanol–water partition coefficient (Wildman–Crippen LogP) is 3.44. The van der Waals surface area contributed by atoms with E-state index in [-0.39, 0.29) is 12.6 Å². The Morgan fingerprint density at radius 2 is 2.06 bits per heavy atom.